The van der Waals surface area contributed by atoms with Crippen LogP contribution in [-0.2, 0) is 9.84 Å². The highest BCUT2D eigenvalue weighted by Gasteiger charge is 2.28. The molecule has 112 valence electrons. The van der Waals surface area contributed by atoms with Crippen LogP contribution in [0.2, 0.25) is 0 Å². The first-order valence-corrected chi connectivity index (χ1v) is 9.89. The first kappa shape index (κ1) is 15.9. The number of benzene rings is 1. The molecule has 20 heavy (non-hydrogen) atoms. The average Bonchev–Trinajstić information content (AvgIpc) is 2.41. The number of nitrogens with two attached hydrogens (primary N) is 1. The summed E-state index contributed by atoms with van der Waals surface area (Å²) in [5, 5.41) is 0.442. The van der Waals surface area contributed by atoms with Gasteiger partial charge in [0.05, 0.1) is 4.90 Å². The van der Waals surface area contributed by atoms with Gasteiger partial charge in [-0.05, 0) is 49.4 Å². The lowest BCUT2D eigenvalue weighted by molar-refractivity contribution is 0.327. The molecule has 0 amide bonds. The van der Waals surface area contributed by atoms with Gasteiger partial charge in [-0.25, -0.2) is 8.42 Å². The number of sulfone groups is 1. The van der Waals surface area contributed by atoms with E-state index < -0.39 is 9.84 Å². The van der Waals surface area contributed by atoms with E-state index in [1.807, 2.05) is 12.1 Å². The highest BCUT2D eigenvalue weighted by molar-refractivity contribution is 8.00. The van der Waals surface area contributed by atoms with Gasteiger partial charge in [-0.3, -0.25) is 0 Å². The Hall–Kier alpha value is -0.520. The van der Waals surface area contributed by atoms with Crippen LogP contribution >= 0.6 is 11.8 Å². The van der Waals surface area contributed by atoms with Gasteiger partial charge in [0.25, 0.3) is 0 Å². The second-order valence-corrected chi connectivity index (χ2v) is 8.98. The largest absolute Gasteiger partial charge is 0.327 e. The Morgan fingerprint density at radius 3 is 2.45 bits per heavy atom. The average molecular weight is 313 g/mol. The molecule has 1 aromatic carbocycles. The van der Waals surface area contributed by atoms with Gasteiger partial charge in [0.2, 0.25) is 0 Å². The number of thioether (sulfide) groups is 1. The molecular weight excluding hydrogens is 290 g/mol. The van der Waals surface area contributed by atoms with Crippen molar-refractivity contribution in [3.8, 4) is 0 Å². The van der Waals surface area contributed by atoms with Crippen molar-refractivity contribution in [3.63, 3.8) is 0 Å². The third kappa shape index (κ3) is 3.99. The number of hydrogen-bond donors (Lipinski definition) is 1. The van der Waals surface area contributed by atoms with E-state index in [9.17, 15) is 8.42 Å². The van der Waals surface area contributed by atoms with Crippen molar-refractivity contribution >= 4 is 21.6 Å². The monoisotopic (exact) mass is 313 g/mol. The summed E-state index contributed by atoms with van der Waals surface area (Å²) in [7, 11) is -3.11. The highest BCUT2D eigenvalue weighted by atomic mass is 32.2. The fourth-order valence-electron chi connectivity index (χ4n) is 2.68. The molecule has 0 heterocycles. The minimum absolute atomic E-state index is 0.248. The summed E-state index contributed by atoms with van der Waals surface area (Å²) in [5.74, 6) is 0.780. The molecular formula is C15H23NO2S2. The first-order chi connectivity index (χ1) is 9.40. The molecule has 3 nitrogen and oxygen atoms in total. The van der Waals surface area contributed by atoms with Crippen LogP contribution in [0.5, 0.6) is 0 Å². The summed E-state index contributed by atoms with van der Waals surface area (Å²) < 4.78 is 22.9. The van der Waals surface area contributed by atoms with Gasteiger partial charge in [0.1, 0.15) is 0 Å². The molecule has 5 heteroatoms. The molecule has 0 aromatic heterocycles. The topological polar surface area (TPSA) is 60.2 Å². The zero-order valence-electron chi connectivity index (χ0n) is 12.1. The molecule has 2 N–H and O–H groups in total. The summed E-state index contributed by atoms with van der Waals surface area (Å²) in [6, 6.07) is 7.40. The van der Waals surface area contributed by atoms with E-state index in [4.69, 9.17) is 5.73 Å². The van der Waals surface area contributed by atoms with E-state index in [1.54, 1.807) is 23.9 Å². The number of rotatable bonds is 4. The summed E-state index contributed by atoms with van der Waals surface area (Å²) in [6.45, 7) is 2.24. The third-order valence-electron chi connectivity index (χ3n) is 4.07. The summed E-state index contributed by atoms with van der Waals surface area (Å²) in [6.07, 6.45) is 5.95. The highest BCUT2D eigenvalue weighted by Crippen LogP contribution is 2.37. The number of hydrogen-bond acceptors (Lipinski definition) is 4. The lowest BCUT2D eigenvalue weighted by Crippen LogP contribution is -2.38. The molecule has 1 fully saturated rings. The lowest BCUT2D eigenvalue weighted by Gasteiger charge is -2.33. The third-order valence-corrected chi connectivity index (χ3v) is 6.59. The first-order valence-electron chi connectivity index (χ1n) is 7.12. The predicted octanol–water partition coefficient (Wildman–Crippen LogP) is 3.09. The standard InChI is InChI=1S/C15H23NO2S2/c1-3-11-4-9-14(16)15(10-11)19-12-5-7-13(8-6-12)20(2,17)18/h5-8,11,14-15H,3-4,9-10,16H2,1-2H3. The smallest absolute Gasteiger partial charge is 0.175 e. The van der Waals surface area contributed by atoms with Gasteiger partial charge >= 0.3 is 0 Å². The summed E-state index contributed by atoms with van der Waals surface area (Å²) >= 11 is 1.79. The minimum Gasteiger partial charge on any atom is -0.327 e. The second-order valence-electron chi connectivity index (χ2n) is 5.65. The van der Waals surface area contributed by atoms with Gasteiger partial charge in [-0.2, -0.15) is 0 Å². The maximum absolute atomic E-state index is 11.4. The van der Waals surface area contributed by atoms with E-state index in [0.717, 1.165) is 23.7 Å². The van der Waals surface area contributed by atoms with Crippen LogP contribution in [0.4, 0.5) is 0 Å². The predicted molar refractivity (Wildman–Crippen MR) is 84.8 cm³/mol. The maximum atomic E-state index is 11.4. The van der Waals surface area contributed by atoms with Crippen molar-refractivity contribution < 1.29 is 8.42 Å². The summed E-state index contributed by atoms with van der Waals surface area (Å²) in [4.78, 5) is 1.48. The van der Waals surface area contributed by atoms with Crippen molar-refractivity contribution in [2.24, 2.45) is 11.7 Å². The van der Waals surface area contributed by atoms with Crippen LogP contribution in [0.1, 0.15) is 32.6 Å². The van der Waals surface area contributed by atoms with Crippen molar-refractivity contribution in [2.75, 3.05) is 6.26 Å². The minimum atomic E-state index is -3.11. The van der Waals surface area contributed by atoms with Gasteiger partial charge in [-0.15, -0.1) is 11.8 Å². The Bertz CT molecular complexity index is 539. The normalized spacial score (nSPS) is 27.4. The van der Waals surface area contributed by atoms with Crippen LogP contribution in [0, 0.1) is 5.92 Å². The lowest BCUT2D eigenvalue weighted by atomic mass is 9.84. The second kappa shape index (κ2) is 6.50. The van der Waals surface area contributed by atoms with Crippen LogP contribution in [0.3, 0.4) is 0 Å². The van der Waals surface area contributed by atoms with E-state index in [1.165, 1.54) is 19.1 Å². The molecule has 1 aliphatic carbocycles. The SMILES string of the molecule is CCC1CCC(N)C(Sc2ccc(S(C)(=O)=O)cc2)C1. The molecule has 0 saturated heterocycles. The van der Waals surface area contributed by atoms with E-state index in [-0.39, 0.29) is 6.04 Å². The molecule has 0 spiro atoms. The zero-order valence-corrected chi connectivity index (χ0v) is 13.7. The molecule has 3 unspecified atom stereocenters. The quantitative estimate of drug-likeness (QED) is 0.928. The molecule has 1 aromatic rings. The van der Waals surface area contributed by atoms with Gasteiger partial charge < -0.3 is 5.73 Å². The van der Waals surface area contributed by atoms with Crippen LogP contribution in [-0.4, -0.2) is 26.0 Å². The molecule has 1 aliphatic rings. The maximum Gasteiger partial charge on any atom is 0.175 e. The Balaban J connectivity index is 2.05. The van der Waals surface area contributed by atoms with Crippen LogP contribution in [0.25, 0.3) is 0 Å². The fraction of sp³-hybridized carbons (Fsp3) is 0.600. The fourth-order valence-corrected chi connectivity index (χ4v) is 4.63. The summed E-state index contributed by atoms with van der Waals surface area (Å²) in [5.41, 5.74) is 6.23. The van der Waals surface area contributed by atoms with Crippen molar-refractivity contribution in [2.45, 2.75) is 53.7 Å². The Morgan fingerprint density at radius 2 is 1.90 bits per heavy atom. The molecule has 0 bridgehead atoms. The van der Waals surface area contributed by atoms with Crippen LogP contribution < -0.4 is 5.73 Å². The van der Waals surface area contributed by atoms with Crippen molar-refractivity contribution in [1.29, 1.82) is 0 Å². The molecule has 1 saturated carbocycles. The molecule has 3 atom stereocenters. The zero-order chi connectivity index (χ0) is 14.8. The van der Waals surface area contributed by atoms with E-state index >= 15 is 0 Å². The van der Waals surface area contributed by atoms with Gasteiger partial charge in [0.15, 0.2) is 9.84 Å². The van der Waals surface area contributed by atoms with Crippen molar-refractivity contribution in [1.82, 2.24) is 0 Å². The molecule has 0 radical (unpaired) electrons. The van der Waals surface area contributed by atoms with E-state index in [0.29, 0.717) is 10.1 Å². The van der Waals surface area contributed by atoms with Crippen LogP contribution in [0.15, 0.2) is 34.1 Å². The Morgan fingerprint density at radius 1 is 1.25 bits per heavy atom. The van der Waals surface area contributed by atoms with Gasteiger partial charge in [-0.1, -0.05) is 13.3 Å². The van der Waals surface area contributed by atoms with Crippen molar-refractivity contribution in [3.05, 3.63) is 24.3 Å². The molecule has 2 rings (SSSR count). The van der Waals surface area contributed by atoms with E-state index in [2.05, 4.69) is 6.92 Å². The Labute approximate surface area is 126 Å². The Kier molecular flexibility index (Phi) is 5.15. The van der Waals surface area contributed by atoms with Gasteiger partial charge in [0, 0.05) is 22.4 Å². The molecule has 0 aliphatic heterocycles.